The normalized spacial score (nSPS) is 14.2. The van der Waals surface area contributed by atoms with Crippen molar-refractivity contribution < 1.29 is 19.7 Å². The first-order chi connectivity index (χ1) is 8.65. The molecule has 1 aromatic carbocycles. The van der Waals surface area contributed by atoms with E-state index in [1.165, 1.54) is 6.20 Å². The van der Waals surface area contributed by atoms with Gasteiger partial charge in [0.05, 0.1) is 12.6 Å². The van der Waals surface area contributed by atoms with Crippen molar-refractivity contribution in [2.24, 2.45) is 0 Å². The van der Waals surface area contributed by atoms with Crippen molar-refractivity contribution in [1.82, 2.24) is 4.98 Å². The van der Waals surface area contributed by atoms with Gasteiger partial charge < -0.3 is 14.9 Å². The number of carbonyl (C=O) groups is 1. The summed E-state index contributed by atoms with van der Waals surface area (Å²) in [7, 11) is 1.16. The first-order valence-electron chi connectivity index (χ1n) is 5.42. The minimum Gasteiger partial charge on any atom is -0.467 e. The van der Waals surface area contributed by atoms with E-state index in [2.05, 4.69) is 9.72 Å². The van der Waals surface area contributed by atoms with Crippen molar-refractivity contribution in [1.29, 1.82) is 0 Å². The van der Waals surface area contributed by atoms with E-state index in [1.807, 2.05) is 6.07 Å². The zero-order valence-electron chi connectivity index (χ0n) is 9.78. The van der Waals surface area contributed by atoms with Gasteiger partial charge >= 0.3 is 5.97 Å². The molecule has 0 saturated heterocycles. The van der Waals surface area contributed by atoms with Crippen LogP contribution in [0.25, 0.3) is 10.9 Å². The van der Waals surface area contributed by atoms with E-state index in [0.717, 1.165) is 7.11 Å². The van der Waals surface area contributed by atoms with Gasteiger partial charge in [0.25, 0.3) is 0 Å². The van der Waals surface area contributed by atoms with Crippen LogP contribution in [0, 0.1) is 0 Å². The molecule has 0 amide bonds. The standard InChI is InChI=1S/C13H13NO4/c1-18-13(17)12(16)11(15)9-6-7-14-10-5-3-2-4-8(9)10/h2-7,11-12,15-16H,1H3. The summed E-state index contributed by atoms with van der Waals surface area (Å²) in [6.45, 7) is 0. The third-order valence-electron chi connectivity index (χ3n) is 2.74. The smallest absolute Gasteiger partial charge is 0.337 e. The zero-order valence-corrected chi connectivity index (χ0v) is 9.78. The number of esters is 1. The molecule has 0 spiro atoms. The van der Waals surface area contributed by atoms with Crippen molar-refractivity contribution in [3.8, 4) is 0 Å². The van der Waals surface area contributed by atoms with Gasteiger partial charge in [0.15, 0.2) is 6.10 Å². The number of hydrogen-bond donors (Lipinski definition) is 2. The van der Waals surface area contributed by atoms with E-state index < -0.39 is 18.2 Å². The lowest BCUT2D eigenvalue weighted by atomic mass is 10.0. The molecule has 2 aromatic rings. The van der Waals surface area contributed by atoms with Gasteiger partial charge in [-0.05, 0) is 17.7 Å². The summed E-state index contributed by atoms with van der Waals surface area (Å²) in [6, 6.07) is 8.74. The van der Waals surface area contributed by atoms with Gasteiger partial charge in [-0.3, -0.25) is 4.98 Å². The molecule has 2 N–H and O–H groups in total. The third-order valence-corrected chi connectivity index (χ3v) is 2.74. The molecule has 2 atom stereocenters. The first-order valence-corrected chi connectivity index (χ1v) is 5.42. The van der Waals surface area contributed by atoms with E-state index in [0.29, 0.717) is 16.5 Å². The van der Waals surface area contributed by atoms with Gasteiger partial charge in [0.2, 0.25) is 0 Å². The van der Waals surface area contributed by atoms with Crippen LogP contribution in [-0.4, -0.2) is 34.4 Å². The number of aliphatic hydroxyl groups is 2. The molecule has 2 rings (SSSR count). The van der Waals surface area contributed by atoms with Gasteiger partial charge in [-0.2, -0.15) is 0 Å². The molecule has 0 fully saturated rings. The zero-order chi connectivity index (χ0) is 13.1. The number of methoxy groups -OCH3 is 1. The molecular weight excluding hydrogens is 234 g/mol. The summed E-state index contributed by atoms with van der Waals surface area (Å²) in [6.07, 6.45) is -1.43. The molecule has 1 aromatic heterocycles. The van der Waals surface area contributed by atoms with Crippen LogP contribution in [0.1, 0.15) is 11.7 Å². The Morgan fingerprint density at radius 2 is 2.00 bits per heavy atom. The Morgan fingerprint density at radius 3 is 2.72 bits per heavy atom. The molecular formula is C13H13NO4. The summed E-state index contributed by atoms with van der Waals surface area (Å²) >= 11 is 0. The quantitative estimate of drug-likeness (QED) is 0.784. The predicted octanol–water partition coefficient (Wildman–Crippen LogP) is 0.802. The minimum atomic E-state index is -1.61. The fraction of sp³-hybridized carbons (Fsp3) is 0.231. The number of aliphatic hydroxyl groups excluding tert-OH is 2. The number of aromatic nitrogens is 1. The fourth-order valence-electron chi connectivity index (χ4n) is 1.80. The van der Waals surface area contributed by atoms with Gasteiger partial charge in [0.1, 0.15) is 6.10 Å². The average molecular weight is 247 g/mol. The lowest BCUT2D eigenvalue weighted by Crippen LogP contribution is -2.29. The minimum absolute atomic E-state index is 0.443. The van der Waals surface area contributed by atoms with E-state index in [4.69, 9.17) is 0 Å². The molecule has 0 aliphatic carbocycles. The number of ether oxygens (including phenoxy) is 1. The summed E-state index contributed by atoms with van der Waals surface area (Å²) < 4.78 is 4.40. The second-order valence-corrected chi connectivity index (χ2v) is 3.83. The van der Waals surface area contributed by atoms with Crippen LogP contribution in [0.2, 0.25) is 0 Å². The van der Waals surface area contributed by atoms with Gasteiger partial charge in [-0.15, -0.1) is 0 Å². The van der Waals surface area contributed by atoms with E-state index >= 15 is 0 Å². The van der Waals surface area contributed by atoms with E-state index in [1.54, 1.807) is 24.3 Å². The fourth-order valence-corrected chi connectivity index (χ4v) is 1.80. The van der Waals surface area contributed by atoms with Crippen LogP contribution >= 0.6 is 0 Å². The van der Waals surface area contributed by atoms with Crippen LogP contribution in [-0.2, 0) is 9.53 Å². The van der Waals surface area contributed by atoms with Gasteiger partial charge in [0, 0.05) is 11.6 Å². The number of nitrogens with zero attached hydrogens (tertiary/aromatic N) is 1. The van der Waals surface area contributed by atoms with Crippen LogP contribution in [0.4, 0.5) is 0 Å². The molecule has 0 aliphatic heterocycles. The maximum absolute atomic E-state index is 11.2. The Hall–Kier alpha value is -1.98. The second kappa shape index (κ2) is 5.12. The summed E-state index contributed by atoms with van der Waals surface area (Å²) in [5.74, 6) is -0.872. The number of benzene rings is 1. The number of para-hydroxylation sites is 1. The van der Waals surface area contributed by atoms with Crippen molar-refractivity contribution in [2.45, 2.75) is 12.2 Å². The largest absolute Gasteiger partial charge is 0.467 e. The SMILES string of the molecule is COC(=O)C(O)C(O)c1ccnc2ccccc12. The van der Waals surface area contributed by atoms with Crippen LogP contribution < -0.4 is 0 Å². The number of rotatable bonds is 3. The topological polar surface area (TPSA) is 79.7 Å². The highest BCUT2D eigenvalue weighted by Gasteiger charge is 2.27. The van der Waals surface area contributed by atoms with Gasteiger partial charge in [-0.1, -0.05) is 18.2 Å². The Labute approximate surface area is 104 Å². The monoisotopic (exact) mass is 247 g/mol. The number of hydrogen-bond acceptors (Lipinski definition) is 5. The Morgan fingerprint density at radius 1 is 1.28 bits per heavy atom. The summed E-state index contributed by atoms with van der Waals surface area (Å²) in [5, 5.41) is 20.4. The summed E-state index contributed by atoms with van der Waals surface area (Å²) in [4.78, 5) is 15.4. The van der Waals surface area contributed by atoms with Crippen LogP contribution in [0.15, 0.2) is 36.5 Å². The molecule has 2 unspecified atom stereocenters. The number of pyridine rings is 1. The van der Waals surface area contributed by atoms with Crippen molar-refractivity contribution >= 4 is 16.9 Å². The van der Waals surface area contributed by atoms with Crippen molar-refractivity contribution in [3.63, 3.8) is 0 Å². The Bertz CT molecular complexity index is 564. The van der Waals surface area contributed by atoms with Crippen molar-refractivity contribution in [3.05, 3.63) is 42.1 Å². The molecule has 94 valence electrons. The highest BCUT2D eigenvalue weighted by molar-refractivity contribution is 5.83. The maximum Gasteiger partial charge on any atom is 0.337 e. The molecule has 1 heterocycles. The lowest BCUT2D eigenvalue weighted by Gasteiger charge is -2.17. The Balaban J connectivity index is 2.44. The Kier molecular flexibility index (Phi) is 3.55. The summed E-state index contributed by atoms with van der Waals surface area (Å²) in [5.41, 5.74) is 1.13. The van der Waals surface area contributed by atoms with E-state index in [-0.39, 0.29) is 0 Å². The molecule has 0 bridgehead atoms. The predicted molar refractivity (Wildman–Crippen MR) is 64.7 cm³/mol. The highest BCUT2D eigenvalue weighted by Crippen LogP contribution is 2.25. The van der Waals surface area contributed by atoms with Crippen LogP contribution in [0.5, 0.6) is 0 Å². The average Bonchev–Trinajstić information content (AvgIpc) is 2.44. The molecule has 5 nitrogen and oxygen atoms in total. The number of fused-ring (bicyclic) bond motifs is 1. The van der Waals surface area contributed by atoms with Crippen molar-refractivity contribution in [2.75, 3.05) is 7.11 Å². The third kappa shape index (κ3) is 2.18. The second-order valence-electron chi connectivity index (χ2n) is 3.83. The molecule has 0 saturated carbocycles. The first kappa shape index (κ1) is 12.5. The molecule has 0 aliphatic rings. The molecule has 5 heteroatoms. The number of carbonyl (C=O) groups excluding carboxylic acids is 1. The van der Waals surface area contributed by atoms with Crippen LogP contribution in [0.3, 0.4) is 0 Å². The van der Waals surface area contributed by atoms with Gasteiger partial charge in [-0.25, -0.2) is 4.79 Å². The maximum atomic E-state index is 11.2. The molecule has 0 radical (unpaired) electrons. The lowest BCUT2D eigenvalue weighted by molar-refractivity contribution is -0.156. The highest BCUT2D eigenvalue weighted by atomic mass is 16.5. The van der Waals surface area contributed by atoms with E-state index in [9.17, 15) is 15.0 Å². The molecule has 18 heavy (non-hydrogen) atoms.